The van der Waals surface area contributed by atoms with Gasteiger partial charge in [0.2, 0.25) is 0 Å². The van der Waals surface area contributed by atoms with Gasteiger partial charge in [-0.05, 0) is 54.5 Å². The van der Waals surface area contributed by atoms with Crippen LogP contribution in [0, 0.1) is 0 Å². The summed E-state index contributed by atoms with van der Waals surface area (Å²) >= 11 is 0. The molecule has 1 aliphatic rings. The minimum atomic E-state index is -0.242. The van der Waals surface area contributed by atoms with Crippen molar-refractivity contribution in [3.05, 3.63) is 59.4 Å². The number of carbonyl (C=O) groups is 2. The SMILES string of the molecule is CC(C)(C)c1ccc(NC(=O)c2ccnc(C(=O)N3CCCCC3)c2)cc1. The predicted molar refractivity (Wildman–Crippen MR) is 107 cm³/mol. The van der Waals surface area contributed by atoms with Gasteiger partial charge in [0, 0.05) is 30.5 Å². The zero-order chi connectivity index (χ0) is 19.4. The second-order valence-corrected chi connectivity index (χ2v) is 8.06. The lowest BCUT2D eigenvalue weighted by atomic mass is 9.87. The average molecular weight is 365 g/mol. The third-order valence-corrected chi connectivity index (χ3v) is 4.89. The molecule has 0 atom stereocenters. The Morgan fingerprint density at radius 2 is 1.67 bits per heavy atom. The van der Waals surface area contributed by atoms with Crippen LogP contribution in [0.2, 0.25) is 0 Å². The predicted octanol–water partition coefficient (Wildman–Crippen LogP) is 4.26. The maximum absolute atomic E-state index is 12.6. The first-order chi connectivity index (χ1) is 12.8. The zero-order valence-electron chi connectivity index (χ0n) is 16.3. The molecule has 2 aromatic rings. The van der Waals surface area contributed by atoms with Crippen LogP contribution in [0.3, 0.4) is 0 Å². The minimum Gasteiger partial charge on any atom is -0.337 e. The van der Waals surface area contributed by atoms with E-state index in [2.05, 4.69) is 31.1 Å². The van der Waals surface area contributed by atoms with Gasteiger partial charge in [0.1, 0.15) is 5.69 Å². The van der Waals surface area contributed by atoms with E-state index in [1.165, 1.54) is 11.8 Å². The van der Waals surface area contributed by atoms with E-state index in [-0.39, 0.29) is 17.2 Å². The van der Waals surface area contributed by atoms with Crippen LogP contribution in [0.5, 0.6) is 0 Å². The van der Waals surface area contributed by atoms with Crippen molar-refractivity contribution in [3.63, 3.8) is 0 Å². The molecule has 0 radical (unpaired) electrons. The Bertz CT molecular complexity index is 816. The first kappa shape index (κ1) is 19.1. The highest BCUT2D eigenvalue weighted by molar-refractivity contribution is 6.05. The van der Waals surface area contributed by atoms with Crippen molar-refractivity contribution < 1.29 is 9.59 Å². The molecule has 1 aliphatic heterocycles. The third-order valence-electron chi connectivity index (χ3n) is 4.89. The van der Waals surface area contributed by atoms with E-state index in [0.29, 0.717) is 11.3 Å². The van der Waals surface area contributed by atoms with E-state index < -0.39 is 0 Å². The molecule has 27 heavy (non-hydrogen) atoms. The minimum absolute atomic E-state index is 0.0668. The second-order valence-electron chi connectivity index (χ2n) is 8.06. The number of nitrogens with one attached hydrogen (secondary N) is 1. The molecule has 2 amide bonds. The quantitative estimate of drug-likeness (QED) is 0.884. The Kier molecular flexibility index (Phi) is 5.59. The molecule has 0 saturated carbocycles. The van der Waals surface area contributed by atoms with Crippen LogP contribution in [0.15, 0.2) is 42.6 Å². The van der Waals surface area contributed by atoms with E-state index in [4.69, 9.17) is 0 Å². The number of likely N-dealkylation sites (tertiary alicyclic amines) is 1. The van der Waals surface area contributed by atoms with E-state index in [9.17, 15) is 9.59 Å². The van der Waals surface area contributed by atoms with Gasteiger partial charge in [-0.3, -0.25) is 14.6 Å². The van der Waals surface area contributed by atoms with Crippen LogP contribution < -0.4 is 5.32 Å². The number of aromatic nitrogens is 1. The van der Waals surface area contributed by atoms with Gasteiger partial charge in [-0.25, -0.2) is 0 Å². The number of hydrogen-bond acceptors (Lipinski definition) is 3. The zero-order valence-corrected chi connectivity index (χ0v) is 16.3. The summed E-state index contributed by atoms with van der Waals surface area (Å²) in [4.78, 5) is 31.2. The Morgan fingerprint density at radius 3 is 2.30 bits per heavy atom. The van der Waals surface area contributed by atoms with Crippen molar-refractivity contribution in [3.8, 4) is 0 Å². The number of nitrogens with zero attached hydrogens (tertiary/aromatic N) is 2. The molecule has 142 valence electrons. The van der Waals surface area contributed by atoms with Gasteiger partial charge in [0.25, 0.3) is 11.8 Å². The van der Waals surface area contributed by atoms with Crippen molar-refractivity contribution in [1.82, 2.24) is 9.88 Å². The molecule has 0 spiro atoms. The first-order valence-electron chi connectivity index (χ1n) is 9.52. The van der Waals surface area contributed by atoms with E-state index >= 15 is 0 Å². The molecule has 3 rings (SSSR count). The largest absolute Gasteiger partial charge is 0.337 e. The lowest BCUT2D eigenvalue weighted by Crippen LogP contribution is -2.36. The Morgan fingerprint density at radius 1 is 1.00 bits per heavy atom. The summed E-state index contributed by atoms with van der Waals surface area (Å²) in [5, 5.41) is 2.89. The van der Waals surface area contributed by atoms with Crippen molar-refractivity contribution in [2.24, 2.45) is 0 Å². The van der Waals surface area contributed by atoms with Crippen LogP contribution in [0.25, 0.3) is 0 Å². The molecule has 2 heterocycles. The summed E-state index contributed by atoms with van der Waals surface area (Å²) in [6.45, 7) is 7.98. The molecule has 1 N–H and O–H groups in total. The van der Waals surface area contributed by atoms with E-state index in [1.54, 1.807) is 12.1 Å². The van der Waals surface area contributed by atoms with Gasteiger partial charge in [0.05, 0.1) is 0 Å². The molecular weight excluding hydrogens is 338 g/mol. The van der Waals surface area contributed by atoms with Gasteiger partial charge in [-0.1, -0.05) is 32.9 Å². The molecule has 5 heteroatoms. The van der Waals surface area contributed by atoms with E-state index in [0.717, 1.165) is 38.0 Å². The normalized spacial score (nSPS) is 14.7. The van der Waals surface area contributed by atoms with Gasteiger partial charge in [0.15, 0.2) is 0 Å². The van der Waals surface area contributed by atoms with Crippen molar-refractivity contribution in [2.75, 3.05) is 18.4 Å². The number of carbonyl (C=O) groups excluding carboxylic acids is 2. The Hall–Kier alpha value is -2.69. The molecule has 5 nitrogen and oxygen atoms in total. The van der Waals surface area contributed by atoms with Gasteiger partial charge in [-0.2, -0.15) is 0 Å². The fourth-order valence-corrected chi connectivity index (χ4v) is 3.20. The van der Waals surface area contributed by atoms with Crippen molar-refractivity contribution in [2.45, 2.75) is 45.4 Å². The van der Waals surface area contributed by atoms with Gasteiger partial charge < -0.3 is 10.2 Å². The second kappa shape index (κ2) is 7.91. The number of rotatable bonds is 3. The standard InChI is InChI=1S/C22H27N3O2/c1-22(2,3)17-7-9-18(10-8-17)24-20(26)16-11-12-23-19(15-16)21(27)25-13-5-4-6-14-25/h7-12,15H,4-6,13-14H2,1-3H3,(H,24,26). The van der Waals surface area contributed by atoms with E-state index in [1.807, 2.05) is 29.2 Å². The fraction of sp³-hybridized carbons (Fsp3) is 0.409. The summed E-state index contributed by atoms with van der Waals surface area (Å²) in [6, 6.07) is 11.1. The monoisotopic (exact) mass is 365 g/mol. The number of benzene rings is 1. The number of amides is 2. The summed E-state index contributed by atoms with van der Waals surface area (Å²) in [6.07, 6.45) is 4.73. The average Bonchev–Trinajstić information content (AvgIpc) is 2.68. The van der Waals surface area contributed by atoms with Crippen LogP contribution in [-0.4, -0.2) is 34.8 Å². The topological polar surface area (TPSA) is 62.3 Å². The molecule has 1 saturated heterocycles. The highest BCUT2D eigenvalue weighted by Crippen LogP contribution is 2.23. The van der Waals surface area contributed by atoms with Gasteiger partial charge >= 0.3 is 0 Å². The first-order valence-corrected chi connectivity index (χ1v) is 9.52. The maximum atomic E-state index is 12.6. The fourth-order valence-electron chi connectivity index (χ4n) is 3.20. The summed E-state index contributed by atoms with van der Waals surface area (Å²) in [5.41, 5.74) is 2.77. The van der Waals surface area contributed by atoms with Crippen molar-refractivity contribution >= 4 is 17.5 Å². The lowest BCUT2D eigenvalue weighted by Gasteiger charge is -2.26. The smallest absolute Gasteiger partial charge is 0.272 e. The summed E-state index contributed by atoms with van der Waals surface area (Å²) < 4.78 is 0. The molecule has 0 unspecified atom stereocenters. The Balaban J connectivity index is 1.70. The Labute approximate surface area is 160 Å². The lowest BCUT2D eigenvalue weighted by molar-refractivity contribution is 0.0718. The molecule has 0 bridgehead atoms. The highest BCUT2D eigenvalue weighted by atomic mass is 16.2. The van der Waals surface area contributed by atoms with Crippen LogP contribution in [0.1, 0.15) is 66.4 Å². The molecular formula is C22H27N3O2. The van der Waals surface area contributed by atoms with Crippen LogP contribution >= 0.6 is 0 Å². The molecule has 0 aliphatic carbocycles. The molecule has 1 aromatic carbocycles. The number of pyridine rings is 1. The van der Waals surface area contributed by atoms with Crippen molar-refractivity contribution in [1.29, 1.82) is 0 Å². The number of anilines is 1. The van der Waals surface area contributed by atoms with Gasteiger partial charge in [-0.15, -0.1) is 0 Å². The molecule has 1 fully saturated rings. The summed E-state index contributed by atoms with van der Waals surface area (Å²) in [7, 11) is 0. The number of hydrogen-bond donors (Lipinski definition) is 1. The number of piperidine rings is 1. The highest BCUT2D eigenvalue weighted by Gasteiger charge is 2.20. The maximum Gasteiger partial charge on any atom is 0.272 e. The third kappa shape index (κ3) is 4.73. The molecule has 1 aromatic heterocycles. The summed E-state index contributed by atoms with van der Waals surface area (Å²) in [5.74, 6) is -0.340. The van der Waals surface area contributed by atoms with Crippen LogP contribution in [-0.2, 0) is 5.41 Å². The van der Waals surface area contributed by atoms with Crippen LogP contribution in [0.4, 0.5) is 5.69 Å².